The maximum Gasteiger partial charge on any atom is 0.230 e. The largest absolute Gasteiger partial charge is 0.491 e. The average Bonchev–Trinajstić information content (AvgIpc) is 2.45. The summed E-state index contributed by atoms with van der Waals surface area (Å²) in [5.41, 5.74) is 1.32. The molecular formula is C14H17NO2S. The van der Waals surface area contributed by atoms with Crippen molar-refractivity contribution in [2.75, 3.05) is 20.8 Å². The van der Waals surface area contributed by atoms with Crippen molar-refractivity contribution >= 4 is 11.8 Å². The van der Waals surface area contributed by atoms with Crippen molar-refractivity contribution in [1.82, 2.24) is 5.32 Å². The van der Waals surface area contributed by atoms with Gasteiger partial charge in [-0.25, -0.2) is 0 Å². The number of allylic oxidation sites excluding steroid dienone is 1. The second kappa shape index (κ2) is 6.40. The van der Waals surface area contributed by atoms with E-state index in [0.29, 0.717) is 5.88 Å². The minimum Gasteiger partial charge on any atom is -0.491 e. The highest BCUT2D eigenvalue weighted by molar-refractivity contribution is 8.02. The summed E-state index contributed by atoms with van der Waals surface area (Å²) in [6.45, 7) is 0.785. The van der Waals surface area contributed by atoms with E-state index in [1.165, 1.54) is 10.5 Å². The van der Waals surface area contributed by atoms with Crippen molar-refractivity contribution < 1.29 is 9.47 Å². The fourth-order valence-corrected chi connectivity index (χ4v) is 2.59. The summed E-state index contributed by atoms with van der Waals surface area (Å²) in [6.07, 6.45) is 2.03. The molecule has 0 aliphatic carbocycles. The standard InChI is InChI=1S/C14H17NO2S/c1-16-13-8-12(9-15-14(13)17-2)18-10-11-6-4-3-5-7-11/h3-8,15H,9-10H2,1-2H3. The van der Waals surface area contributed by atoms with Crippen LogP contribution in [0.1, 0.15) is 5.56 Å². The van der Waals surface area contributed by atoms with Gasteiger partial charge in [0.25, 0.3) is 0 Å². The van der Waals surface area contributed by atoms with E-state index in [2.05, 4.69) is 29.6 Å². The third-order valence-electron chi connectivity index (χ3n) is 2.63. The van der Waals surface area contributed by atoms with Crippen molar-refractivity contribution in [3.05, 3.63) is 58.5 Å². The van der Waals surface area contributed by atoms with Crippen LogP contribution in [-0.2, 0) is 15.2 Å². The Labute approximate surface area is 112 Å². The molecule has 0 saturated carbocycles. The minimum atomic E-state index is 0.696. The average molecular weight is 263 g/mol. The summed E-state index contributed by atoms with van der Waals surface area (Å²) in [5, 5.41) is 3.20. The summed E-state index contributed by atoms with van der Waals surface area (Å²) < 4.78 is 10.5. The van der Waals surface area contributed by atoms with Gasteiger partial charge in [0.2, 0.25) is 5.88 Å². The molecular weight excluding hydrogens is 246 g/mol. The Morgan fingerprint density at radius 3 is 2.61 bits per heavy atom. The first-order valence-electron chi connectivity index (χ1n) is 5.77. The van der Waals surface area contributed by atoms with E-state index in [-0.39, 0.29) is 0 Å². The van der Waals surface area contributed by atoms with Gasteiger partial charge in [0.15, 0.2) is 5.76 Å². The molecule has 1 aliphatic heterocycles. The van der Waals surface area contributed by atoms with E-state index in [1.54, 1.807) is 14.2 Å². The molecule has 1 aliphatic rings. The summed E-state index contributed by atoms with van der Waals surface area (Å²) >= 11 is 1.81. The number of ether oxygens (including phenoxy) is 2. The second-order valence-corrected chi connectivity index (χ2v) is 4.94. The molecule has 0 radical (unpaired) electrons. The fourth-order valence-electron chi connectivity index (χ4n) is 1.68. The normalized spacial score (nSPS) is 14.9. The van der Waals surface area contributed by atoms with Crippen molar-refractivity contribution in [2.45, 2.75) is 5.75 Å². The lowest BCUT2D eigenvalue weighted by Gasteiger charge is -2.19. The molecule has 3 nitrogen and oxygen atoms in total. The smallest absolute Gasteiger partial charge is 0.230 e. The van der Waals surface area contributed by atoms with Crippen molar-refractivity contribution in [3.8, 4) is 0 Å². The van der Waals surface area contributed by atoms with Crippen LogP contribution in [0, 0.1) is 0 Å². The Hall–Kier alpha value is -1.55. The van der Waals surface area contributed by atoms with E-state index >= 15 is 0 Å². The zero-order valence-electron chi connectivity index (χ0n) is 10.6. The molecule has 0 aromatic heterocycles. The minimum absolute atomic E-state index is 0.696. The molecule has 0 unspecified atom stereocenters. The van der Waals surface area contributed by atoms with Crippen LogP contribution in [0.25, 0.3) is 0 Å². The van der Waals surface area contributed by atoms with Gasteiger partial charge in [0.1, 0.15) is 0 Å². The summed E-state index contributed by atoms with van der Waals surface area (Å²) in [6, 6.07) is 10.4. The molecule has 2 rings (SSSR count). The molecule has 1 heterocycles. The van der Waals surface area contributed by atoms with E-state index in [1.807, 2.05) is 23.9 Å². The number of dihydropyridines is 1. The summed E-state index contributed by atoms with van der Waals surface area (Å²) in [5.74, 6) is 2.41. The topological polar surface area (TPSA) is 30.5 Å². The predicted molar refractivity (Wildman–Crippen MR) is 74.9 cm³/mol. The van der Waals surface area contributed by atoms with Crippen molar-refractivity contribution in [1.29, 1.82) is 0 Å². The van der Waals surface area contributed by atoms with Gasteiger partial charge < -0.3 is 14.8 Å². The van der Waals surface area contributed by atoms with E-state index in [9.17, 15) is 0 Å². The highest BCUT2D eigenvalue weighted by atomic mass is 32.2. The molecule has 0 atom stereocenters. The molecule has 0 saturated heterocycles. The number of methoxy groups -OCH3 is 2. The first-order valence-corrected chi connectivity index (χ1v) is 6.75. The van der Waals surface area contributed by atoms with Crippen LogP contribution in [0.2, 0.25) is 0 Å². The Morgan fingerprint density at radius 1 is 1.17 bits per heavy atom. The third kappa shape index (κ3) is 3.23. The Kier molecular flexibility index (Phi) is 4.59. The third-order valence-corrected chi connectivity index (χ3v) is 3.74. The lowest BCUT2D eigenvalue weighted by molar-refractivity contribution is 0.209. The second-order valence-electron chi connectivity index (χ2n) is 3.84. The van der Waals surface area contributed by atoms with Gasteiger partial charge in [-0.1, -0.05) is 30.3 Å². The van der Waals surface area contributed by atoms with Gasteiger partial charge in [0.05, 0.1) is 14.2 Å². The lowest BCUT2D eigenvalue weighted by atomic mass is 10.2. The van der Waals surface area contributed by atoms with Gasteiger partial charge in [0, 0.05) is 17.2 Å². The molecule has 18 heavy (non-hydrogen) atoms. The summed E-state index contributed by atoms with van der Waals surface area (Å²) in [4.78, 5) is 1.25. The quantitative estimate of drug-likeness (QED) is 0.885. The molecule has 0 amide bonds. The van der Waals surface area contributed by atoms with Crippen LogP contribution in [0.3, 0.4) is 0 Å². The van der Waals surface area contributed by atoms with Crippen molar-refractivity contribution in [2.24, 2.45) is 0 Å². The molecule has 1 N–H and O–H groups in total. The molecule has 0 spiro atoms. The van der Waals surface area contributed by atoms with E-state index in [0.717, 1.165) is 18.1 Å². The Balaban J connectivity index is 1.99. The van der Waals surface area contributed by atoms with Crippen LogP contribution in [0.15, 0.2) is 53.0 Å². The number of thioether (sulfide) groups is 1. The SMILES string of the molecule is COC1=C(OC)NCC(SCc2ccccc2)=C1. The molecule has 0 fully saturated rings. The zero-order chi connectivity index (χ0) is 12.8. The number of nitrogens with one attached hydrogen (secondary N) is 1. The van der Waals surface area contributed by atoms with Crippen LogP contribution in [0.4, 0.5) is 0 Å². The highest BCUT2D eigenvalue weighted by Gasteiger charge is 2.14. The zero-order valence-corrected chi connectivity index (χ0v) is 11.4. The van der Waals surface area contributed by atoms with Gasteiger partial charge in [-0.3, -0.25) is 0 Å². The van der Waals surface area contributed by atoms with Gasteiger partial charge in [-0.2, -0.15) is 0 Å². The van der Waals surface area contributed by atoms with Crippen LogP contribution < -0.4 is 5.32 Å². The maximum absolute atomic E-state index is 5.28. The first kappa shape index (κ1) is 12.9. The monoisotopic (exact) mass is 263 g/mol. The number of hydrogen-bond acceptors (Lipinski definition) is 4. The Bertz CT molecular complexity index is 454. The van der Waals surface area contributed by atoms with Crippen LogP contribution in [0.5, 0.6) is 0 Å². The Morgan fingerprint density at radius 2 is 1.94 bits per heavy atom. The molecule has 0 bridgehead atoms. The molecule has 4 heteroatoms. The van der Waals surface area contributed by atoms with Crippen LogP contribution in [-0.4, -0.2) is 20.8 Å². The predicted octanol–water partition coefficient (Wildman–Crippen LogP) is 2.87. The van der Waals surface area contributed by atoms with E-state index in [4.69, 9.17) is 9.47 Å². The number of benzene rings is 1. The number of hydrogen-bond donors (Lipinski definition) is 1. The van der Waals surface area contributed by atoms with Gasteiger partial charge in [-0.05, 0) is 11.6 Å². The van der Waals surface area contributed by atoms with Crippen molar-refractivity contribution in [3.63, 3.8) is 0 Å². The lowest BCUT2D eigenvalue weighted by Crippen LogP contribution is -2.23. The summed E-state index contributed by atoms with van der Waals surface area (Å²) in [7, 11) is 3.29. The molecule has 96 valence electrons. The molecule has 1 aromatic carbocycles. The van der Waals surface area contributed by atoms with E-state index < -0.39 is 0 Å². The maximum atomic E-state index is 5.28. The van der Waals surface area contributed by atoms with Gasteiger partial charge in [-0.15, -0.1) is 11.8 Å². The fraction of sp³-hybridized carbons (Fsp3) is 0.286. The highest BCUT2D eigenvalue weighted by Crippen LogP contribution is 2.25. The molecule has 1 aromatic rings. The van der Waals surface area contributed by atoms with Crippen LogP contribution >= 0.6 is 11.8 Å². The van der Waals surface area contributed by atoms with Gasteiger partial charge >= 0.3 is 0 Å². The number of rotatable bonds is 5. The first-order chi connectivity index (χ1) is 8.83.